The molecule has 3 aromatic rings. The molecule has 1 aromatic carbocycles. The summed E-state index contributed by atoms with van der Waals surface area (Å²) >= 11 is 0. The van der Waals surface area contributed by atoms with Crippen molar-refractivity contribution in [2.45, 2.75) is 32.4 Å². The van der Waals surface area contributed by atoms with E-state index in [1.807, 2.05) is 0 Å². The fraction of sp³-hybridized carbons (Fsp3) is 0.316. The first-order valence-corrected chi connectivity index (χ1v) is 8.89. The predicted octanol–water partition coefficient (Wildman–Crippen LogP) is 2.10. The molecule has 0 saturated heterocycles. The monoisotopic (exact) mass is 406 g/mol. The Morgan fingerprint density at radius 1 is 1.21 bits per heavy atom. The van der Waals surface area contributed by atoms with Gasteiger partial charge in [-0.3, -0.25) is 4.79 Å². The maximum Gasteiger partial charge on any atom is 0.292 e. The number of nitrogens with zero attached hydrogens (tertiary/aromatic N) is 2. The minimum Gasteiger partial charge on any atom is -0.448 e. The molecule has 0 unspecified atom stereocenters. The van der Waals surface area contributed by atoms with Crippen LogP contribution >= 0.6 is 0 Å². The minimum absolute atomic E-state index is 0.150. The number of H-pyrrole nitrogens is 1. The van der Waals surface area contributed by atoms with Crippen molar-refractivity contribution in [3.8, 4) is 11.5 Å². The molecular weight excluding hydrogens is 386 g/mol. The number of pyridine rings is 1. The molecule has 0 saturated carbocycles. The maximum atomic E-state index is 13.9. The van der Waals surface area contributed by atoms with Gasteiger partial charge in [-0.25, -0.2) is 13.8 Å². The summed E-state index contributed by atoms with van der Waals surface area (Å²) in [5, 5.41) is 22.3. The lowest BCUT2D eigenvalue weighted by Crippen LogP contribution is -2.22. The van der Waals surface area contributed by atoms with E-state index in [-0.39, 0.29) is 42.2 Å². The first kappa shape index (κ1) is 20.6. The number of aliphatic hydroxyl groups excluding tert-OH is 2. The second-order valence-electron chi connectivity index (χ2n) is 6.68. The Balaban J connectivity index is 2.08. The third-order valence-corrected chi connectivity index (χ3v) is 4.01. The zero-order chi connectivity index (χ0) is 21.1. The van der Waals surface area contributed by atoms with Crippen LogP contribution in [0, 0.1) is 11.6 Å². The Morgan fingerprint density at radius 3 is 2.62 bits per heavy atom. The van der Waals surface area contributed by atoms with Gasteiger partial charge in [0.05, 0.1) is 18.4 Å². The van der Waals surface area contributed by atoms with E-state index < -0.39 is 23.3 Å². The second-order valence-corrected chi connectivity index (χ2v) is 6.68. The SMILES string of the molecule is C[C@H](O)Cc1nc(N[C@H](C)CO)nc2[nH]c(=O)c(Oc3ccc(F)cc3F)cc12. The van der Waals surface area contributed by atoms with Crippen molar-refractivity contribution in [2.75, 3.05) is 11.9 Å². The molecule has 0 aliphatic heterocycles. The first-order chi connectivity index (χ1) is 13.8. The minimum atomic E-state index is -0.956. The average molecular weight is 406 g/mol. The van der Waals surface area contributed by atoms with Gasteiger partial charge in [0.25, 0.3) is 5.56 Å². The molecule has 0 fully saturated rings. The van der Waals surface area contributed by atoms with E-state index >= 15 is 0 Å². The van der Waals surface area contributed by atoms with E-state index in [0.29, 0.717) is 17.1 Å². The van der Waals surface area contributed by atoms with Crippen LogP contribution in [0.25, 0.3) is 11.0 Å². The van der Waals surface area contributed by atoms with Crippen molar-refractivity contribution >= 4 is 17.0 Å². The number of nitrogens with one attached hydrogen (secondary N) is 2. The van der Waals surface area contributed by atoms with Crippen LogP contribution < -0.4 is 15.6 Å². The Hall–Kier alpha value is -3.11. The zero-order valence-corrected chi connectivity index (χ0v) is 15.7. The highest BCUT2D eigenvalue weighted by Gasteiger charge is 2.16. The second kappa shape index (κ2) is 8.50. The summed E-state index contributed by atoms with van der Waals surface area (Å²) in [6, 6.07) is 3.74. The van der Waals surface area contributed by atoms with Crippen LogP contribution in [0.3, 0.4) is 0 Å². The molecule has 0 aliphatic rings. The largest absolute Gasteiger partial charge is 0.448 e. The van der Waals surface area contributed by atoms with Crippen molar-refractivity contribution in [1.82, 2.24) is 15.0 Å². The van der Waals surface area contributed by atoms with Gasteiger partial charge in [0.1, 0.15) is 11.5 Å². The number of hydrogen-bond acceptors (Lipinski definition) is 7. The fourth-order valence-electron chi connectivity index (χ4n) is 2.65. The maximum absolute atomic E-state index is 13.9. The van der Waals surface area contributed by atoms with Gasteiger partial charge in [-0.2, -0.15) is 4.98 Å². The summed E-state index contributed by atoms with van der Waals surface area (Å²) in [5.41, 5.74) is -0.0809. The number of ether oxygens (including phenoxy) is 1. The van der Waals surface area contributed by atoms with Crippen LogP contribution in [0.1, 0.15) is 19.5 Å². The summed E-state index contributed by atoms with van der Waals surface area (Å²) in [7, 11) is 0. The van der Waals surface area contributed by atoms with Crippen LogP contribution in [-0.4, -0.2) is 43.9 Å². The van der Waals surface area contributed by atoms with Gasteiger partial charge in [0, 0.05) is 23.9 Å². The zero-order valence-electron chi connectivity index (χ0n) is 15.7. The Kier molecular flexibility index (Phi) is 6.04. The Morgan fingerprint density at radius 2 is 1.97 bits per heavy atom. The number of fused-ring (bicyclic) bond motifs is 1. The average Bonchev–Trinajstić information content (AvgIpc) is 2.64. The summed E-state index contributed by atoms with van der Waals surface area (Å²) in [4.78, 5) is 23.5. The number of aromatic amines is 1. The van der Waals surface area contributed by atoms with Gasteiger partial charge in [0.2, 0.25) is 5.95 Å². The van der Waals surface area contributed by atoms with Gasteiger partial charge in [-0.1, -0.05) is 0 Å². The van der Waals surface area contributed by atoms with Gasteiger partial charge in [-0.05, 0) is 32.0 Å². The molecule has 10 heteroatoms. The Bertz CT molecular complexity index is 1090. The van der Waals surface area contributed by atoms with Gasteiger partial charge >= 0.3 is 0 Å². The molecule has 0 spiro atoms. The lowest BCUT2D eigenvalue weighted by Gasteiger charge is -2.14. The highest BCUT2D eigenvalue weighted by molar-refractivity contribution is 5.80. The molecule has 8 nitrogen and oxygen atoms in total. The molecule has 4 N–H and O–H groups in total. The highest BCUT2D eigenvalue weighted by atomic mass is 19.1. The number of halogens is 2. The summed E-state index contributed by atoms with van der Waals surface area (Å²) in [5.74, 6) is -2.11. The topological polar surface area (TPSA) is 120 Å². The molecule has 2 heterocycles. The van der Waals surface area contributed by atoms with E-state index in [2.05, 4.69) is 20.3 Å². The third-order valence-electron chi connectivity index (χ3n) is 4.01. The lowest BCUT2D eigenvalue weighted by atomic mass is 10.1. The summed E-state index contributed by atoms with van der Waals surface area (Å²) in [6.07, 6.45) is -0.584. The van der Waals surface area contributed by atoms with Gasteiger partial charge in [-0.15, -0.1) is 0 Å². The van der Waals surface area contributed by atoms with E-state index in [4.69, 9.17) is 4.74 Å². The number of rotatable bonds is 7. The molecule has 0 amide bonds. The normalized spacial score (nSPS) is 13.3. The van der Waals surface area contributed by atoms with Crippen LogP contribution in [0.5, 0.6) is 11.5 Å². The van der Waals surface area contributed by atoms with E-state index in [0.717, 1.165) is 12.1 Å². The standard InChI is InChI=1S/C19H20F2N4O4/c1-9(8-26)22-19-23-14(5-10(2)27)12-7-16(18(28)24-17(12)25-19)29-15-4-3-11(20)6-13(15)21/h3-4,6-7,9-10,26-27H,5,8H2,1-2H3,(H2,22,23,24,25,28)/t9-,10+/m1/s1. The summed E-state index contributed by atoms with van der Waals surface area (Å²) < 4.78 is 32.3. The fourth-order valence-corrected chi connectivity index (χ4v) is 2.65. The third kappa shape index (κ3) is 4.84. The van der Waals surface area contributed by atoms with E-state index in [1.54, 1.807) is 13.8 Å². The van der Waals surface area contributed by atoms with E-state index in [1.165, 1.54) is 6.07 Å². The molecule has 0 bridgehead atoms. The number of benzene rings is 1. The number of aromatic nitrogens is 3. The van der Waals surface area contributed by atoms with Crippen LogP contribution in [0.15, 0.2) is 29.1 Å². The molecule has 3 rings (SSSR count). The van der Waals surface area contributed by atoms with Crippen molar-refractivity contribution in [1.29, 1.82) is 0 Å². The number of anilines is 1. The molecule has 0 aliphatic carbocycles. The quantitative estimate of drug-likeness (QED) is 0.474. The smallest absolute Gasteiger partial charge is 0.292 e. The van der Waals surface area contributed by atoms with Gasteiger partial charge in [0.15, 0.2) is 17.3 Å². The van der Waals surface area contributed by atoms with Gasteiger partial charge < -0.3 is 25.3 Å². The van der Waals surface area contributed by atoms with Crippen LogP contribution in [-0.2, 0) is 6.42 Å². The highest BCUT2D eigenvalue weighted by Crippen LogP contribution is 2.26. The molecule has 29 heavy (non-hydrogen) atoms. The molecule has 2 aromatic heterocycles. The lowest BCUT2D eigenvalue weighted by molar-refractivity contribution is 0.194. The van der Waals surface area contributed by atoms with Crippen molar-refractivity contribution in [3.05, 3.63) is 51.9 Å². The number of aliphatic hydroxyl groups is 2. The predicted molar refractivity (Wildman–Crippen MR) is 102 cm³/mol. The molecule has 2 atom stereocenters. The molecule has 0 radical (unpaired) electrons. The van der Waals surface area contributed by atoms with Crippen LogP contribution in [0.4, 0.5) is 14.7 Å². The molecule has 154 valence electrons. The summed E-state index contributed by atoms with van der Waals surface area (Å²) in [6.45, 7) is 3.15. The van der Waals surface area contributed by atoms with Crippen LogP contribution in [0.2, 0.25) is 0 Å². The van der Waals surface area contributed by atoms with E-state index in [9.17, 15) is 23.8 Å². The Labute approximate surface area is 164 Å². The van der Waals surface area contributed by atoms with Crippen molar-refractivity contribution in [3.63, 3.8) is 0 Å². The molecular formula is C19H20F2N4O4. The first-order valence-electron chi connectivity index (χ1n) is 8.89. The number of hydrogen-bond donors (Lipinski definition) is 4. The van der Waals surface area contributed by atoms with Crippen molar-refractivity contribution in [2.24, 2.45) is 0 Å². The van der Waals surface area contributed by atoms with Crippen molar-refractivity contribution < 1.29 is 23.7 Å².